The standard InChI is InChI=1S/C17H13Cl2NO6/c1-26-17(23)9-2-4-14(19)12(7-9)13(16(21)22)8-10-6-11(18)3-5-15(10)20(24)25/h2-7,13H,8H2,1H3,(H,21,22)/t13-/m0/s1. The van der Waals surface area contributed by atoms with Crippen molar-refractivity contribution in [3.63, 3.8) is 0 Å². The lowest BCUT2D eigenvalue weighted by molar-refractivity contribution is -0.385. The van der Waals surface area contributed by atoms with Gasteiger partial charge in [-0.1, -0.05) is 23.2 Å². The van der Waals surface area contributed by atoms with Gasteiger partial charge in [-0.15, -0.1) is 0 Å². The molecule has 0 aliphatic carbocycles. The number of hydrogen-bond donors (Lipinski definition) is 1. The lowest BCUT2D eigenvalue weighted by Crippen LogP contribution is -2.16. The van der Waals surface area contributed by atoms with Crippen LogP contribution in [0, 0.1) is 10.1 Å². The topological polar surface area (TPSA) is 107 Å². The van der Waals surface area contributed by atoms with Gasteiger partial charge in [-0.3, -0.25) is 14.9 Å². The molecule has 0 aliphatic heterocycles. The molecular formula is C17H13Cl2NO6. The van der Waals surface area contributed by atoms with E-state index in [4.69, 9.17) is 23.2 Å². The number of benzene rings is 2. The smallest absolute Gasteiger partial charge is 0.337 e. The van der Waals surface area contributed by atoms with Gasteiger partial charge < -0.3 is 9.84 Å². The average Bonchev–Trinajstić information content (AvgIpc) is 2.59. The van der Waals surface area contributed by atoms with Crippen LogP contribution in [0.3, 0.4) is 0 Å². The summed E-state index contributed by atoms with van der Waals surface area (Å²) in [7, 11) is 1.20. The van der Waals surface area contributed by atoms with Crippen molar-refractivity contribution in [2.45, 2.75) is 12.3 Å². The maximum absolute atomic E-state index is 11.8. The molecule has 26 heavy (non-hydrogen) atoms. The number of halogens is 2. The molecule has 0 aliphatic rings. The first kappa shape index (κ1) is 19.7. The largest absolute Gasteiger partial charge is 0.481 e. The number of rotatable bonds is 6. The SMILES string of the molecule is COC(=O)c1ccc(Cl)c([C@H](Cc2cc(Cl)ccc2[N+](=O)[O-])C(=O)O)c1. The summed E-state index contributed by atoms with van der Waals surface area (Å²) in [5.41, 5.74) is 0.172. The third kappa shape index (κ3) is 4.30. The highest BCUT2D eigenvalue weighted by molar-refractivity contribution is 6.32. The Labute approximate surface area is 158 Å². The Balaban J connectivity index is 2.52. The number of hydrogen-bond acceptors (Lipinski definition) is 5. The number of carboxylic acids is 1. The zero-order valence-electron chi connectivity index (χ0n) is 13.4. The number of nitro benzene ring substituents is 1. The first-order valence-corrected chi connectivity index (χ1v) is 8.03. The Morgan fingerprint density at radius 3 is 2.50 bits per heavy atom. The number of esters is 1. The van der Waals surface area contributed by atoms with Crippen LogP contribution in [0.15, 0.2) is 36.4 Å². The van der Waals surface area contributed by atoms with Crippen LogP contribution in [0.5, 0.6) is 0 Å². The summed E-state index contributed by atoms with van der Waals surface area (Å²) in [4.78, 5) is 34.1. The fourth-order valence-electron chi connectivity index (χ4n) is 2.50. The van der Waals surface area contributed by atoms with Crippen LogP contribution in [-0.2, 0) is 16.0 Å². The second-order valence-corrected chi connectivity index (χ2v) is 6.20. The Hall–Kier alpha value is -2.64. The molecule has 0 unspecified atom stereocenters. The van der Waals surface area contributed by atoms with Crippen LogP contribution in [0.25, 0.3) is 0 Å². The third-order valence-electron chi connectivity index (χ3n) is 3.75. The van der Waals surface area contributed by atoms with Gasteiger partial charge in [0.15, 0.2) is 0 Å². The molecule has 0 aromatic heterocycles. The quantitative estimate of drug-likeness (QED) is 0.446. The number of carbonyl (C=O) groups excluding carboxylic acids is 1. The Morgan fingerprint density at radius 1 is 1.23 bits per heavy atom. The monoisotopic (exact) mass is 397 g/mol. The van der Waals surface area contributed by atoms with Gasteiger partial charge in [-0.2, -0.15) is 0 Å². The summed E-state index contributed by atoms with van der Waals surface area (Å²) >= 11 is 12.0. The molecule has 0 saturated carbocycles. The van der Waals surface area contributed by atoms with Crippen molar-refractivity contribution in [1.29, 1.82) is 0 Å². The van der Waals surface area contributed by atoms with Crippen molar-refractivity contribution < 1.29 is 24.4 Å². The molecule has 136 valence electrons. The van der Waals surface area contributed by atoms with Gasteiger partial charge in [0.05, 0.1) is 23.5 Å². The Morgan fingerprint density at radius 2 is 1.92 bits per heavy atom. The highest BCUT2D eigenvalue weighted by atomic mass is 35.5. The van der Waals surface area contributed by atoms with Crippen molar-refractivity contribution >= 4 is 40.8 Å². The average molecular weight is 398 g/mol. The second kappa shape index (κ2) is 8.16. The fraction of sp³-hybridized carbons (Fsp3) is 0.176. The molecule has 0 radical (unpaired) electrons. The zero-order chi connectivity index (χ0) is 19.4. The summed E-state index contributed by atoms with van der Waals surface area (Å²) in [6.45, 7) is 0. The summed E-state index contributed by atoms with van der Waals surface area (Å²) in [5.74, 6) is -3.12. The van der Waals surface area contributed by atoms with E-state index in [1.54, 1.807) is 0 Å². The van der Waals surface area contributed by atoms with Gasteiger partial charge in [-0.05, 0) is 42.3 Å². The van der Waals surface area contributed by atoms with Crippen molar-refractivity contribution in [3.8, 4) is 0 Å². The summed E-state index contributed by atoms with van der Waals surface area (Å²) < 4.78 is 4.62. The number of aliphatic carboxylic acids is 1. The van der Waals surface area contributed by atoms with E-state index >= 15 is 0 Å². The van der Waals surface area contributed by atoms with E-state index in [0.29, 0.717) is 0 Å². The van der Waals surface area contributed by atoms with Gasteiger partial charge in [0, 0.05) is 21.7 Å². The molecule has 1 atom stereocenters. The number of nitrogens with zero attached hydrogens (tertiary/aromatic N) is 1. The normalized spacial score (nSPS) is 11.7. The number of carbonyl (C=O) groups is 2. The highest BCUT2D eigenvalue weighted by Gasteiger charge is 2.27. The summed E-state index contributed by atoms with van der Waals surface area (Å²) in [5, 5.41) is 21.2. The molecule has 0 spiro atoms. The molecule has 2 rings (SSSR count). The molecule has 9 heteroatoms. The summed E-state index contributed by atoms with van der Waals surface area (Å²) in [6, 6.07) is 7.99. The molecule has 0 fully saturated rings. The lowest BCUT2D eigenvalue weighted by atomic mass is 9.90. The molecular weight excluding hydrogens is 385 g/mol. The molecule has 0 saturated heterocycles. The van der Waals surface area contributed by atoms with Crippen LogP contribution in [-0.4, -0.2) is 29.1 Å². The molecule has 0 bridgehead atoms. The van der Waals surface area contributed by atoms with Gasteiger partial charge in [0.2, 0.25) is 0 Å². The molecule has 0 amide bonds. The van der Waals surface area contributed by atoms with E-state index < -0.39 is 22.8 Å². The minimum absolute atomic E-state index is 0.120. The van der Waals surface area contributed by atoms with E-state index in [-0.39, 0.29) is 38.8 Å². The Bertz CT molecular complexity index is 884. The highest BCUT2D eigenvalue weighted by Crippen LogP contribution is 2.33. The number of methoxy groups -OCH3 is 1. The fourth-order valence-corrected chi connectivity index (χ4v) is 2.95. The minimum Gasteiger partial charge on any atom is -0.481 e. The van der Waals surface area contributed by atoms with Gasteiger partial charge in [-0.25, -0.2) is 4.79 Å². The van der Waals surface area contributed by atoms with Crippen LogP contribution in [0.2, 0.25) is 10.0 Å². The van der Waals surface area contributed by atoms with Crippen molar-refractivity contribution in [3.05, 3.63) is 73.2 Å². The summed E-state index contributed by atoms with van der Waals surface area (Å²) in [6.07, 6.45) is -0.226. The van der Waals surface area contributed by atoms with Gasteiger partial charge in [0.1, 0.15) is 0 Å². The van der Waals surface area contributed by atoms with Crippen LogP contribution >= 0.6 is 23.2 Å². The van der Waals surface area contributed by atoms with Crippen LogP contribution < -0.4 is 0 Å². The molecule has 2 aromatic rings. The number of nitro groups is 1. The maximum Gasteiger partial charge on any atom is 0.337 e. The van der Waals surface area contributed by atoms with E-state index in [1.807, 2.05) is 0 Å². The second-order valence-electron chi connectivity index (χ2n) is 5.35. The minimum atomic E-state index is -1.25. The van der Waals surface area contributed by atoms with Crippen molar-refractivity contribution in [2.75, 3.05) is 7.11 Å². The van der Waals surface area contributed by atoms with Gasteiger partial charge >= 0.3 is 11.9 Å². The molecule has 2 aromatic carbocycles. The zero-order valence-corrected chi connectivity index (χ0v) is 15.0. The van der Waals surface area contributed by atoms with Crippen LogP contribution in [0.1, 0.15) is 27.4 Å². The predicted octanol–water partition coefficient (Wildman–Crippen LogP) is 4.10. The van der Waals surface area contributed by atoms with E-state index in [2.05, 4.69) is 4.74 Å². The van der Waals surface area contributed by atoms with Crippen LogP contribution in [0.4, 0.5) is 5.69 Å². The molecule has 7 nitrogen and oxygen atoms in total. The number of ether oxygens (including phenoxy) is 1. The molecule has 1 N–H and O–H groups in total. The van der Waals surface area contributed by atoms with Crippen molar-refractivity contribution in [2.24, 2.45) is 0 Å². The predicted molar refractivity (Wildman–Crippen MR) is 95.0 cm³/mol. The first-order valence-electron chi connectivity index (χ1n) is 7.28. The molecule has 0 heterocycles. The van der Waals surface area contributed by atoms with E-state index in [0.717, 1.165) is 0 Å². The van der Waals surface area contributed by atoms with Crippen molar-refractivity contribution in [1.82, 2.24) is 0 Å². The number of carboxylic acid groups (broad SMARTS) is 1. The van der Waals surface area contributed by atoms with E-state index in [9.17, 15) is 24.8 Å². The lowest BCUT2D eigenvalue weighted by Gasteiger charge is -2.16. The third-order valence-corrected chi connectivity index (χ3v) is 4.33. The van der Waals surface area contributed by atoms with Gasteiger partial charge in [0.25, 0.3) is 5.69 Å². The maximum atomic E-state index is 11.8. The van der Waals surface area contributed by atoms with E-state index in [1.165, 1.54) is 43.5 Å². The first-order chi connectivity index (χ1) is 12.2. The Kier molecular flexibility index (Phi) is 6.18.